The van der Waals surface area contributed by atoms with E-state index in [-0.39, 0.29) is 5.82 Å². The summed E-state index contributed by atoms with van der Waals surface area (Å²) in [6.45, 7) is 0.381. The summed E-state index contributed by atoms with van der Waals surface area (Å²) >= 11 is 3.40. The minimum absolute atomic E-state index is 0.249. The van der Waals surface area contributed by atoms with Crippen LogP contribution >= 0.6 is 15.9 Å². The summed E-state index contributed by atoms with van der Waals surface area (Å²) in [7, 11) is 1.60. The molecule has 2 rings (SSSR count). The Labute approximate surface area is 113 Å². The second kappa shape index (κ2) is 5.87. The van der Waals surface area contributed by atoms with E-state index < -0.39 is 0 Å². The van der Waals surface area contributed by atoms with Gasteiger partial charge in [0.25, 0.3) is 0 Å². The molecule has 0 saturated carbocycles. The number of rotatable bonds is 4. The third-order valence-electron chi connectivity index (χ3n) is 2.45. The number of methoxy groups -OCH3 is 1. The zero-order valence-corrected chi connectivity index (χ0v) is 11.4. The molecule has 0 N–H and O–H groups in total. The van der Waals surface area contributed by atoms with Crippen molar-refractivity contribution in [1.29, 1.82) is 0 Å². The first-order valence-electron chi connectivity index (χ1n) is 5.40. The quantitative estimate of drug-likeness (QED) is 0.843. The van der Waals surface area contributed by atoms with Gasteiger partial charge in [-0.1, -0.05) is 12.1 Å². The lowest BCUT2D eigenvalue weighted by molar-refractivity contribution is 0.301. The molecule has 0 spiro atoms. The van der Waals surface area contributed by atoms with Crippen LogP contribution in [0.3, 0.4) is 0 Å². The van der Waals surface area contributed by atoms with Crippen LogP contribution in [0.1, 0.15) is 5.56 Å². The normalized spacial score (nSPS) is 10.2. The van der Waals surface area contributed by atoms with Gasteiger partial charge in [-0.05, 0) is 45.8 Å². The SMILES string of the molecule is COc1ccc(Br)c(OCc2ccc(F)cc2)c1. The lowest BCUT2D eigenvalue weighted by atomic mass is 10.2. The maximum Gasteiger partial charge on any atom is 0.137 e. The molecule has 0 aromatic heterocycles. The van der Waals surface area contributed by atoms with Crippen molar-refractivity contribution in [3.05, 3.63) is 58.3 Å². The minimum Gasteiger partial charge on any atom is -0.497 e. The molecule has 2 aromatic rings. The predicted octanol–water partition coefficient (Wildman–Crippen LogP) is 4.18. The lowest BCUT2D eigenvalue weighted by Gasteiger charge is -2.09. The van der Waals surface area contributed by atoms with Gasteiger partial charge in [-0.15, -0.1) is 0 Å². The van der Waals surface area contributed by atoms with Crippen LogP contribution in [-0.2, 0) is 6.61 Å². The molecular formula is C14H12BrFO2. The van der Waals surface area contributed by atoms with Gasteiger partial charge >= 0.3 is 0 Å². The molecule has 0 bridgehead atoms. The number of benzene rings is 2. The molecule has 0 aliphatic carbocycles. The van der Waals surface area contributed by atoms with Gasteiger partial charge in [0, 0.05) is 6.07 Å². The molecule has 0 heterocycles. The molecule has 2 nitrogen and oxygen atoms in total. The third kappa shape index (κ3) is 3.23. The van der Waals surface area contributed by atoms with Crippen molar-refractivity contribution in [2.24, 2.45) is 0 Å². The summed E-state index contributed by atoms with van der Waals surface area (Å²) in [5.74, 6) is 1.17. The Balaban J connectivity index is 2.07. The van der Waals surface area contributed by atoms with Crippen molar-refractivity contribution < 1.29 is 13.9 Å². The van der Waals surface area contributed by atoms with E-state index in [9.17, 15) is 4.39 Å². The van der Waals surface area contributed by atoms with Gasteiger partial charge in [-0.25, -0.2) is 4.39 Å². The molecule has 2 aromatic carbocycles. The van der Waals surface area contributed by atoms with Crippen LogP contribution in [0.2, 0.25) is 0 Å². The molecule has 0 saturated heterocycles. The molecule has 4 heteroatoms. The molecule has 94 valence electrons. The Morgan fingerprint density at radius 2 is 1.83 bits per heavy atom. The van der Waals surface area contributed by atoms with Crippen LogP contribution in [0.4, 0.5) is 4.39 Å². The van der Waals surface area contributed by atoms with Crippen molar-refractivity contribution in [2.75, 3.05) is 7.11 Å². The van der Waals surface area contributed by atoms with E-state index in [4.69, 9.17) is 9.47 Å². The van der Waals surface area contributed by atoms with E-state index in [0.29, 0.717) is 12.4 Å². The van der Waals surface area contributed by atoms with E-state index in [2.05, 4.69) is 15.9 Å². The zero-order valence-electron chi connectivity index (χ0n) is 9.82. The van der Waals surface area contributed by atoms with Crippen molar-refractivity contribution in [1.82, 2.24) is 0 Å². The van der Waals surface area contributed by atoms with Crippen LogP contribution in [-0.4, -0.2) is 7.11 Å². The Kier molecular flexibility index (Phi) is 4.20. The average molecular weight is 311 g/mol. The number of halogens is 2. The second-order valence-electron chi connectivity index (χ2n) is 3.71. The fraction of sp³-hybridized carbons (Fsp3) is 0.143. The van der Waals surface area contributed by atoms with E-state index in [1.165, 1.54) is 12.1 Å². The second-order valence-corrected chi connectivity index (χ2v) is 4.57. The fourth-order valence-electron chi connectivity index (χ4n) is 1.46. The van der Waals surface area contributed by atoms with Crippen LogP contribution in [0.15, 0.2) is 46.9 Å². The number of hydrogen-bond acceptors (Lipinski definition) is 2. The molecule has 0 radical (unpaired) electrons. The van der Waals surface area contributed by atoms with Crippen LogP contribution in [0, 0.1) is 5.82 Å². The molecule has 0 fully saturated rings. The van der Waals surface area contributed by atoms with Crippen molar-refractivity contribution >= 4 is 15.9 Å². The van der Waals surface area contributed by atoms with Gasteiger partial charge in [-0.2, -0.15) is 0 Å². The standard InChI is InChI=1S/C14H12BrFO2/c1-17-12-6-7-13(15)14(8-12)18-9-10-2-4-11(16)5-3-10/h2-8H,9H2,1H3. The van der Waals surface area contributed by atoms with Gasteiger partial charge in [0.05, 0.1) is 11.6 Å². The monoisotopic (exact) mass is 310 g/mol. The molecule has 0 aliphatic rings. The Morgan fingerprint density at radius 3 is 2.50 bits per heavy atom. The summed E-state index contributed by atoms with van der Waals surface area (Å²) in [4.78, 5) is 0. The fourth-order valence-corrected chi connectivity index (χ4v) is 1.82. The van der Waals surface area contributed by atoms with Crippen LogP contribution in [0.25, 0.3) is 0 Å². The van der Waals surface area contributed by atoms with E-state index in [1.807, 2.05) is 12.1 Å². The highest BCUT2D eigenvalue weighted by molar-refractivity contribution is 9.10. The lowest BCUT2D eigenvalue weighted by Crippen LogP contribution is -1.96. The van der Waals surface area contributed by atoms with Gasteiger partial charge in [-0.3, -0.25) is 0 Å². The Bertz CT molecular complexity index is 526. The minimum atomic E-state index is -0.249. The smallest absolute Gasteiger partial charge is 0.137 e. The van der Waals surface area contributed by atoms with Gasteiger partial charge < -0.3 is 9.47 Å². The highest BCUT2D eigenvalue weighted by atomic mass is 79.9. The largest absolute Gasteiger partial charge is 0.497 e. The predicted molar refractivity (Wildman–Crippen MR) is 71.4 cm³/mol. The highest BCUT2D eigenvalue weighted by Gasteiger charge is 2.04. The van der Waals surface area contributed by atoms with E-state index >= 15 is 0 Å². The van der Waals surface area contributed by atoms with Gasteiger partial charge in [0.1, 0.15) is 23.9 Å². The van der Waals surface area contributed by atoms with E-state index in [1.54, 1.807) is 25.3 Å². The van der Waals surface area contributed by atoms with Crippen LogP contribution < -0.4 is 9.47 Å². The summed E-state index contributed by atoms with van der Waals surface area (Å²) in [5, 5.41) is 0. The summed E-state index contributed by atoms with van der Waals surface area (Å²) in [6, 6.07) is 11.7. The first-order chi connectivity index (χ1) is 8.69. The molecule has 18 heavy (non-hydrogen) atoms. The van der Waals surface area contributed by atoms with Crippen LogP contribution in [0.5, 0.6) is 11.5 Å². The van der Waals surface area contributed by atoms with Crippen molar-refractivity contribution in [2.45, 2.75) is 6.61 Å². The Morgan fingerprint density at radius 1 is 1.11 bits per heavy atom. The van der Waals surface area contributed by atoms with Gasteiger partial charge in [0.2, 0.25) is 0 Å². The highest BCUT2D eigenvalue weighted by Crippen LogP contribution is 2.29. The van der Waals surface area contributed by atoms with E-state index in [0.717, 1.165) is 15.8 Å². The van der Waals surface area contributed by atoms with Crippen molar-refractivity contribution in [3.8, 4) is 11.5 Å². The first kappa shape index (κ1) is 12.9. The molecule has 0 amide bonds. The number of hydrogen-bond donors (Lipinski definition) is 0. The first-order valence-corrected chi connectivity index (χ1v) is 6.19. The summed E-state index contributed by atoms with van der Waals surface area (Å²) in [6.07, 6.45) is 0. The molecule has 0 unspecified atom stereocenters. The van der Waals surface area contributed by atoms with Crippen molar-refractivity contribution in [3.63, 3.8) is 0 Å². The maximum atomic E-state index is 12.7. The topological polar surface area (TPSA) is 18.5 Å². The molecular weight excluding hydrogens is 299 g/mol. The summed E-state index contributed by atoms with van der Waals surface area (Å²) in [5.41, 5.74) is 0.908. The maximum absolute atomic E-state index is 12.7. The zero-order chi connectivity index (χ0) is 13.0. The number of ether oxygens (including phenoxy) is 2. The molecule has 0 aliphatic heterocycles. The average Bonchev–Trinajstić information content (AvgIpc) is 2.40. The third-order valence-corrected chi connectivity index (χ3v) is 3.10. The van der Waals surface area contributed by atoms with Gasteiger partial charge in [0.15, 0.2) is 0 Å². The summed E-state index contributed by atoms with van der Waals surface area (Å²) < 4.78 is 24.4. The molecule has 0 atom stereocenters. The Hall–Kier alpha value is -1.55.